The largest absolute Gasteiger partial charge is 0.461 e. The van der Waals surface area contributed by atoms with Crippen molar-refractivity contribution in [1.82, 2.24) is 0 Å². The highest BCUT2D eigenvalue weighted by atomic mass is 79.9. The van der Waals surface area contributed by atoms with Gasteiger partial charge in [-0.05, 0) is 12.5 Å². The van der Waals surface area contributed by atoms with Gasteiger partial charge >= 0.3 is 17.4 Å². The first-order valence-electron chi connectivity index (χ1n) is 6.40. The summed E-state index contributed by atoms with van der Waals surface area (Å²) < 4.78 is 114. The SMILES string of the molecule is CCCC1(Br)C(F)=C(S(=O)C(F)(F)C(F)(F)C(F)(F)F)C=C(Br)C1Cl. The minimum absolute atomic E-state index is 0.127. The maximum absolute atomic E-state index is 14.6. The van der Waals surface area contributed by atoms with Crippen LogP contribution in [-0.2, 0) is 10.8 Å². The Hall–Kier alpha value is 0.320. The minimum Gasteiger partial charge on any atom is -0.248 e. The van der Waals surface area contributed by atoms with Gasteiger partial charge in [0.2, 0.25) is 0 Å². The first kappa shape index (κ1) is 23.4. The molecule has 0 radical (unpaired) electrons. The average molecular weight is 549 g/mol. The van der Waals surface area contributed by atoms with Crippen molar-refractivity contribution in [2.45, 2.75) is 46.8 Å². The van der Waals surface area contributed by atoms with Gasteiger partial charge in [-0.1, -0.05) is 45.2 Å². The zero-order valence-corrected chi connectivity index (χ0v) is 16.8. The molecule has 0 bridgehead atoms. The lowest BCUT2D eigenvalue weighted by molar-refractivity contribution is -0.331. The number of rotatable bonds is 5. The van der Waals surface area contributed by atoms with Crippen LogP contribution in [-0.4, -0.2) is 31.3 Å². The molecule has 0 aliphatic heterocycles. The van der Waals surface area contributed by atoms with E-state index >= 15 is 0 Å². The number of allylic oxidation sites excluding steroid dienone is 3. The molecule has 13 heteroatoms. The molecule has 1 nitrogen and oxygen atoms in total. The molecule has 1 aliphatic carbocycles. The van der Waals surface area contributed by atoms with Crippen LogP contribution in [0.5, 0.6) is 0 Å². The molecule has 0 N–H and O–H groups in total. The maximum atomic E-state index is 14.6. The molecule has 3 unspecified atom stereocenters. The summed E-state index contributed by atoms with van der Waals surface area (Å²) in [5, 5.41) is -7.31. The highest BCUT2D eigenvalue weighted by Crippen LogP contribution is 2.53. The minimum atomic E-state index is -6.68. The lowest BCUT2D eigenvalue weighted by Gasteiger charge is -2.35. The van der Waals surface area contributed by atoms with Gasteiger partial charge in [0.05, 0.1) is 14.6 Å². The van der Waals surface area contributed by atoms with Gasteiger partial charge in [-0.3, -0.25) is 0 Å². The van der Waals surface area contributed by atoms with E-state index in [1.54, 1.807) is 6.92 Å². The van der Waals surface area contributed by atoms with E-state index in [-0.39, 0.29) is 17.3 Å². The van der Waals surface area contributed by atoms with E-state index in [9.17, 15) is 39.3 Å². The Labute approximate surface area is 161 Å². The fourth-order valence-electron chi connectivity index (χ4n) is 1.95. The van der Waals surface area contributed by atoms with Crippen molar-refractivity contribution in [3.63, 3.8) is 0 Å². The van der Waals surface area contributed by atoms with Gasteiger partial charge in [0.25, 0.3) is 0 Å². The first-order chi connectivity index (χ1) is 11.1. The van der Waals surface area contributed by atoms with E-state index in [1.165, 1.54) is 0 Å². The lowest BCUT2D eigenvalue weighted by atomic mass is 9.93. The molecule has 0 aromatic heterocycles. The van der Waals surface area contributed by atoms with E-state index < -0.39 is 48.6 Å². The molecule has 0 saturated carbocycles. The number of hydrogen-bond acceptors (Lipinski definition) is 1. The summed E-state index contributed by atoms with van der Waals surface area (Å²) in [6.07, 6.45) is -6.13. The normalized spacial score (nSPS) is 27.4. The molecule has 0 aromatic carbocycles. The fourth-order valence-corrected chi connectivity index (χ4v) is 5.49. The first-order valence-corrected chi connectivity index (χ1v) is 9.57. The predicted molar refractivity (Wildman–Crippen MR) is 85.4 cm³/mol. The second kappa shape index (κ2) is 7.38. The Morgan fingerprint density at radius 1 is 1.24 bits per heavy atom. The Morgan fingerprint density at radius 3 is 2.12 bits per heavy atom. The van der Waals surface area contributed by atoms with Gasteiger partial charge in [0, 0.05) is 4.48 Å². The van der Waals surface area contributed by atoms with Crippen LogP contribution in [0.1, 0.15) is 19.8 Å². The topological polar surface area (TPSA) is 17.1 Å². The Bertz CT molecular complexity index is 633. The van der Waals surface area contributed by atoms with Crippen molar-refractivity contribution in [3.8, 4) is 0 Å². The second-order valence-electron chi connectivity index (χ2n) is 5.04. The molecule has 0 heterocycles. The lowest BCUT2D eigenvalue weighted by Crippen LogP contribution is -2.54. The molecule has 1 rings (SSSR count). The Kier molecular flexibility index (Phi) is 6.90. The van der Waals surface area contributed by atoms with Crippen LogP contribution in [0.15, 0.2) is 21.3 Å². The van der Waals surface area contributed by atoms with E-state index in [2.05, 4.69) is 31.9 Å². The van der Waals surface area contributed by atoms with Gasteiger partial charge in [0.15, 0.2) is 0 Å². The Morgan fingerprint density at radius 2 is 1.72 bits per heavy atom. The van der Waals surface area contributed by atoms with Gasteiger partial charge in [0.1, 0.15) is 16.6 Å². The van der Waals surface area contributed by atoms with Gasteiger partial charge < -0.3 is 0 Å². The molecule has 1 aliphatic rings. The van der Waals surface area contributed by atoms with Crippen molar-refractivity contribution in [1.29, 1.82) is 0 Å². The quantitative estimate of drug-likeness (QED) is 0.282. The van der Waals surface area contributed by atoms with Crippen molar-refractivity contribution in [2.75, 3.05) is 0 Å². The molecule has 0 spiro atoms. The molecule has 0 saturated heterocycles. The average Bonchev–Trinajstić information content (AvgIpc) is 2.47. The summed E-state index contributed by atoms with van der Waals surface area (Å²) in [7, 11) is -4.34. The second-order valence-corrected chi connectivity index (χ2v) is 9.30. The molecular formula is C12H9Br2ClF8OS. The van der Waals surface area contributed by atoms with Gasteiger partial charge in [-0.25, -0.2) is 8.60 Å². The smallest absolute Gasteiger partial charge is 0.248 e. The Balaban J connectivity index is 3.53. The van der Waals surface area contributed by atoms with Gasteiger partial charge in [-0.15, -0.1) is 11.6 Å². The van der Waals surface area contributed by atoms with Crippen LogP contribution in [0.25, 0.3) is 0 Å². The molecule has 25 heavy (non-hydrogen) atoms. The van der Waals surface area contributed by atoms with Crippen LogP contribution < -0.4 is 0 Å². The summed E-state index contributed by atoms with van der Waals surface area (Å²) in [6, 6.07) is 0. The third-order valence-corrected chi connectivity index (χ3v) is 7.70. The predicted octanol–water partition coefficient (Wildman–Crippen LogP) is 6.54. The van der Waals surface area contributed by atoms with E-state index in [0.717, 1.165) is 0 Å². The van der Waals surface area contributed by atoms with Crippen LogP contribution in [0.2, 0.25) is 0 Å². The van der Waals surface area contributed by atoms with E-state index in [0.29, 0.717) is 6.08 Å². The molecule has 146 valence electrons. The maximum Gasteiger partial charge on any atom is 0.461 e. The van der Waals surface area contributed by atoms with E-state index in [4.69, 9.17) is 11.6 Å². The van der Waals surface area contributed by atoms with E-state index in [1.807, 2.05) is 0 Å². The summed E-state index contributed by atoms with van der Waals surface area (Å²) in [5.74, 6) is -8.22. The van der Waals surface area contributed by atoms with Crippen LogP contribution in [0.4, 0.5) is 35.1 Å². The highest BCUT2D eigenvalue weighted by Gasteiger charge is 2.76. The zero-order valence-electron chi connectivity index (χ0n) is 12.0. The summed E-state index contributed by atoms with van der Waals surface area (Å²) in [6.45, 7) is 1.56. The van der Waals surface area contributed by atoms with Crippen molar-refractivity contribution in [3.05, 3.63) is 21.3 Å². The standard InChI is InChI=1S/C12H9Br2ClF8OS/c1-2-3-9(14)7(15)5(13)4-6(8(9)16)25(24)12(22,23)10(17,18)11(19,20)21/h4,7H,2-3H2,1H3. The van der Waals surface area contributed by atoms with Crippen molar-refractivity contribution in [2.24, 2.45) is 0 Å². The molecule has 3 atom stereocenters. The number of hydrogen-bond donors (Lipinski definition) is 0. The van der Waals surface area contributed by atoms with Crippen LogP contribution >= 0.6 is 43.5 Å². The monoisotopic (exact) mass is 546 g/mol. The van der Waals surface area contributed by atoms with Crippen LogP contribution in [0, 0.1) is 0 Å². The summed E-state index contributed by atoms with van der Waals surface area (Å²) in [4.78, 5) is -1.50. The number of halogens is 11. The van der Waals surface area contributed by atoms with Crippen molar-refractivity contribution >= 4 is 54.3 Å². The molecule has 0 amide bonds. The molecule has 0 fully saturated rings. The summed E-state index contributed by atoms with van der Waals surface area (Å²) in [5.41, 5.74) is 0. The highest BCUT2D eigenvalue weighted by molar-refractivity contribution is 9.12. The summed E-state index contributed by atoms with van der Waals surface area (Å²) >= 11 is 11.6. The molecule has 0 aromatic rings. The fraction of sp³-hybridized carbons (Fsp3) is 0.667. The van der Waals surface area contributed by atoms with Crippen molar-refractivity contribution < 1.29 is 39.3 Å². The molecular weight excluding hydrogens is 539 g/mol. The van der Waals surface area contributed by atoms with Crippen LogP contribution in [0.3, 0.4) is 0 Å². The zero-order chi connectivity index (χ0) is 20.0. The third kappa shape index (κ3) is 3.82. The third-order valence-electron chi connectivity index (χ3n) is 3.26. The number of alkyl halides is 9. The van der Waals surface area contributed by atoms with Gasteiger partial charge in [-0.2, -0.15) is 30.7 Å².